The molecule has 2 amide bonds. The molecule has 220 valence electrons. The summed E-state index contributed by atoms with van der Waals surface area (Å²) in [6.07, 6.45) is 3.89. The molecule has 3 aliphatic carbocycles. The van der Waals surface area contributed by atoms with Crippen LogP contribution in [0.1, 0.15) is 72.9 Å². The van der Waals surface area contributed by atoms with E-state index in [2.05, 4.69) is 41.0 Å². The van der Waals surface area contributed by atoms with E-state index in [1.54, 1.807) is 6.92 Å². The largest absolute Gasteiger partial charge is 0.408 e. The van der Waals surface area contributed by atoms with Gasteiger partial charge in [0.15, 0.2) is 5.69 Å². The number of hydrogen-bond acceptors (Lipinski definition) is 8. The molecule has 0 saturated heterocycles. The Morgan fingerprint density at radius 2 is 1.83 bits per heavy atom. The van der Waals surface area contributed by atoms with Crippen molar-refractivity contribution in [2.75, 3.05) is 5.32 Å². The van der Waals surface area contributed by atoms with Crippen molar-refractivity contribution in [1.29, 1.82) is 0 Å². The minimum absolute atomic E-state index is 0.0425. The van der Waals surface area contributed by atoms with Crippen molar-refractivity contribution in [3.05, 3.63) is 35.4 Å². The number of rotatable bonds is 12. The van der Waals surface area contributed by atoms with Crippen LogP contribution < -0.4 is 10.6 Å². The Balaban J connectivity index is 1.25. The number of alkyl halides is 3. The molecule has 0 bridgehead atoms. The third-order valence-electron chi connectivity index (χ3n) is 7.99. The molecule has 3 saturated carbocycles. The second kappa shape index (κ2) is 10.5. The van der Waals surface area contributed by atoms with Crippen LogP contribution in [-0.4, -0.2) is 59.1 Å². The van der Waals surface area contributed by atoms with Gasteiger partial charge < -0.3 is 10.6 Å². The molecule has 2 atom stereocenters. The number of carbonyl (C=O) groups excluding carboxylic acids is 2. The van der Waals surface area contributed by atoms with Crippen molar-refractivity contribution >= 4 is 17.5 Å². The van der Waals surface area contributed by atoms with Crippen LogP contribution in [0.2, 0.25) is 0 Å². The van der Waals surface area contributed by atoms with Crippen LogP contribution >= 0.6 is 0 Å². The standard InChI is InChI=1S/C25H29F4N9O3/c1-12-20(35-41-34-12)23(39)32-21(19(14-4-5-14)15-6-7-15)24(40)31-16-10-37(33-22(16)26)17(8-13-2-3-13)18-9-30-36-38(18)11-25(27,28)29/h9-10,13-15,17,19,21H,2-8,11H2,1H3,(H,31,40)(H,32,39)/t17?,21-/m0/s1. The Morgan fingerprint density at radius 1 is 1.12 bits per heavy atom. The zero-order chi connectivity index (χ0) is 28.9. The van der Waals surface area contributed by atoms with Crippen molar-refractivity contribution < 1.29 is 31.8 Å². The number of aromatic nitrogens is 7. The lowest BCUT2D eigenvalue weighted by Crippen LogP contribution is -2.50. The number of hydrogen-bond donors (Lipinski definition) is 2. The summed E-state index contributed by atoms with van der Waals surface area (Å²) < 4.78 is 61.2. The van der Waals surface area contributed by atoms with Gasteiger partial charge in [0.05, 0.1) is 24.1 Å². The van der Waals surface area contributed by atoms with E-state index in [0.29, 0.717) is 6.42 Å². The van der Waals surface area contributed by atoms with Gasteiger partial charge in [-0.1, -0.05) is 23.2 Å². The number of carbonyl (C=O) groups is 2. The smallest absolute Gasteiger partial charge is 0.338 e. The number of aryl methyl sites for hydroxylation is 1. The summed E-state index contributed by atoms with van der Waals surface area (Å²) in [5.41, 5.74) is 0.122. The monoisotopic (exact) mass is 579 g/mol. The van der Waals surface area contributed by atoms with Crippen LogP contribution in [0.4, 0.5) is 23.2 Å². The highest BCUT2D eigenvalue weighted by Crippen LogP contribution is 2.51. The number of halogens is 4. The molecule has 3 aromatic heterocycles. The summed E-state index contributed by atoms with van der Waals surface area (Å²) in [6.45, 7) is 0.209. The molecular formula is C25H29F4N9O3. The predicted molar refractivity (Wildman–Crippen MR) is 132 cm³/mol. The number of amides is 2. The van der Waals surface area contributed by atoms with Crippen molar-refractivity contribution in [3.8, 4) is 0 Å². The lowest BCUT2D eigenvalue weighted by Gasteiger charge is -2.27. The summed E-state index contributed by atoms with van der Waals surface area (Å²) >= 11 is 0. The van der Waals surface area contributed by atoms with Crippen LogP contribution in [-0.2, 0) is 11.3 Å². The maximum Gasteiger partial charge on any atom is 0.408 e. The van der Waals surface area contributed by atoms with E-state index in [1.165, 1.54) is 17.1 Å². The maximum absolute atomic E-state index is 15.2. The summed E-state index contributed by atoms with van der Waals surface area (Å²) in [7, 11) is 0. The van der Waals surface area contributed by atoms with E-state index in [-0.39, 0.29) is 46.4 Å². The maximum atomic E-state index is 15.2. The van der Waals surface area contributed by atoms with E-state index in [4.69, 9.17) is 0 Å². The van der Waals surface area contributed by atoms with E-state index in [1.807, 2.05) is 0 Å². The van der Waals surface area contributed by atoms with Gasteiger partial charge in [0.25, 0.3) is 11.9 Å². The first-order chi connectivity index (χ1) is 19.6. The molecule has 3 fully saturated rings. The van der Waals surface area contributed by atoms with Gasteiger partial charge in [-0.25, -0.2) is 9.31 Å². The fraction of sp³-hybridized carbons (Fsp3) is 0.640. The first-order valence-corrected chi connectivity index (χ1v) is 13.7. The highest BCUT2D eigenvalue weighted by molar-refractivity contribution is 6.01. The lowest BCUT2D eigenvalue weighted by molar-refractivity contribution is -0.143. The van der Waals surface area contributed by atoms with E-state index in [9.17, 15) is 22.8 Å². The summed E-state index contributed by atoms with van der Waals surface area (Å²) in [6, 6.07) is -1.75. The van der Waals surface area contributed by atoms with Crippen LogP contribution in [0.25, 0.3) is 0 Å². The van der Waals surface area contributed by atoms with Crippen molar-refractivity contribution in [2.45, 2.75) is 76.7 Å². The summed E-state index contributed by atoms with van der Waals surface area (Å²) in [5.74, 6) is -1.61. The number of nitrogens with zero attached hydrogens (tertiary/aromatic N) is 7. The van der Waals surface area contributed by atoms with Gasteiger partial charge in [-0.3, -0.25) is 14.3 Å². The van der Waals surface area contributed by atoms with Crippen LogP contribution in [0.3, 0.4) is 0 Å². The van der Waals surface area contributed by atoms with Crippen molar-refractivity contribution in [3.63, 3.8) is 0 Å². The number of nitrogens with one attached hydrogen (secondary N) is 2. The molecular weight excluding hydrogens is 550 g/mol. The Hall–Kier alpha value is -3.85. The molecule has 3 heterocycles. The molecule has 3 aliphatic rings. The van der Waals surface area contributed by atoms with Crippen LogP contribution in [0.15, 0.2) is 17.0 Å². The molecule has 2 N–H and O–H groups in total. The van der Waals surface area contributed by atoms with Gasteiger partial charge in [0, 0.05) is 0 Å². The van der Waals surface area contributed by atoms with Crippen molar-refractivity contribution in [2.24, 2.45) is 23.7 Å². The minimum atomic E-state index is -4.53. The van der Waals surface area contributed by atoms with Gasteiger partial charge in [0.2, 0.25) is 5.91 Å². The fourth-order valence-corrected chi connectivity index (χ4v) is 5.55. The highest BCUT2D eigenvalue weighted by Gasteiger charge is 2.48. The molecule has 0 spiro atoms. The molecule has 12 nitrogen and oxygen atoms in total. The Morgan fingerprint density at radius 3 is 2.41 bits per heavy atom. The summed E-state index contributed by atoms with van der Waals surface area (Å²) in [4.78, 5) is 26.6. The zero-order valence-corrected chi connectivity index (χ0v) is 22.1. The van der Waals surface area contributed by atoms with Crippen molar-refractivity contribution in [1.82, 2.24) is 40.4 Å². The molecule has 41 heavy (non-hydrogen) atoms. The molecule has 3 aromatic rings. The normalized spacial score (nSPS) is 18.9. The van der Waals surface area contributed by atoms with E-state index >= 15 is 4.39 Å². The molecule has 0 radical (unpaired) electrons. The summed E-state index contributed by atoms with van der Waals surface area (Å²) in [5, 5.41) is 23.7. The average Bonchev–Trinajstić information content (AvgIpc) is 3.84. The number of anilines is 1. The Labute approximate surface area is 231 Å². The highest BCUT2D eigenvalue weighted by atomic mass is 19.4. The van der Waals surface area contributed by atoms with Gasteiger partial charge in [-0.2, -0.15) is 17.6 Å². The predicted octanol–water partition coefficient (Wildman–Crippen LogP) is 3.43. The molecule has 0 aliphatic heterocycles. The minimum Gasteiger partial charge on any atom is -0.338 e. The lowest BCUT2D eigenvalue weighted by atomic mass is 9.88. The second-order valence-electron chi connectivity index (χ2n) is 11.3. The third kappa shape index (κ3) is 6.25. The second-order valence-corrected chi connectivity index (χ2v) is 11.3. The molecule has 0 aromatic carbocycles. The first-order valence-electron chi connectivity index (χ1n) is 13.7. The Bertz CT molecular complexity index is 1410. The average molecular weight is 580 g/mol. The van der Waals surface area contributed by atoms with E-state index < -0.39 is 42.6 Å². The first kappa shape index (κ1) is 27.3. The van der Waals surface area contributed by atoms with Gasteiger partial charge >= 0.3 is 6.18 Å². The van der Waals surface area contributed by atoms with Gasteiger partial charge in [-0.05, 0) is 67.9 Å². The van der Waals surface area contributed by atoms with Gasteiger partial charge in [0.1, 0.15) is 24.0 Å². The van der Waals surface area contributed by atoms with Crippen LogP contribution in [0.5, 0.6) is 0 Å². The van der Waals surface area contributed by atoms with E-state index in [0.717, 1.165) is 43.2 Å². The van der Waals surface area contributed by atoms with Gasteiger partial charge in [-0.15, -0.1) is 10.2 Å². The molecule has 6 rings (SSSR count). The molecule has 1 unspecified atom stereocenters. The SMILES string of the molecule is Cc1nonc1C(=O)N[C@H](C(=O)Nc1cn(C(CC2CC2)c2cnnn2CC(F)(F)F)nc1F)C(C1CC1)C1CC1. The molecule has 16 heteroatoms. The topological polar surface area (TPSA) is 146 Å². The quantitative estimate of drug-likeness (QED) is 0.311. The third-order valence-corrected chi connectivity index (χ3v) is 7.99. The fourth-order valence-electron chi connectivity index (χ4n) is 5.55. The van der Waals surface area contributed by atoms with Crippen LogP contribution in [0, 0.1) is 36.5 Å². The zero-order valence-electron chi connectivity index (χ0n) is 22.1. The Kier molecular flexibility index (Phi) is 7.01.